The second kappa shape index (κ2) is 3.44. The fourth-order valence-electron chi connectivity index (χ4n) is 2.27. The number of ether oxygens (including phenoxy) is 1. The van der Waals surface area contributed by atoms with Crippen molar-refractivity contribution in [2.45, 2.75) is 6.42 Å². The molecule has 0 saturated carbocycles. The fourth-order valence-corrected chi connectivity index (χ4v) is 2.27. The van der Waals surface area contributed by atoms with E-state index >= 15 is 0 Å². The molecule has 1 aliphatic heterocycles. The van der Waals surface area contributed by atoms with Gasteiger partial charge in [-0.3, -0.25) is 9.59 Å². The Morgan fingerprint density at radius 3 is 3.14 bits per heavy atom. The fraction of sp³-hybridized carbons (Fsp3) is 0.600. The van der Waals surface area contributed by atoms with Crippen LogP contribution in [0.15, 0.2) is 12.2 Å². The van der Waals surface area contributed by atoms with E-state index in [1.807, 2.05) is 12.2 Å². The molecule has 1 aliphatic carbocycles. The highest BCUT2D eigenvalue weighted by atomic mass is 16.5. The van der Waals surface area contributed by atoms with Crippen molar-refractivity contribution in [2.75, 3.05) is 13.7 Å². The first-order chi connectivity index (χ1) is 6.74. The quantitative estimate of drug-likeness (QED) is 0.477. The summed E-state index contributed by atoms with van der Waals surface area (Å²) in [7, 11) is 1.36. The lowest BCUT2D eigenvalue weighted by molar-refractivity contribution is -0.150. The molecule has 0 aromatic carbocycles. The van der Waals surface area contributed by atoms with Crippen LogP contribution >= 0.6 is 0 Å². The molecule has 0 aromatic heterocycles. The summed E-state index contributed by atoms with van der Waals surface area (Å²) in [6, 6.07) is 0. The summed E-state index contributed by atoms with van der Waals surface area (Å²) in [5, 5.41) is 2.77. The summed E-state index contributed by atoms with van der Waals surface area (Å²) in [6.07, 6.45) is 4.59. The van der Waals surface area contributed by atoms with Gasteiger partial charge in [0.1, 0.15) is 0 Å². The van der Waals surface area contributed by atoms with E-state index in [1.165, 1.54) is 7.11 Å². The second-order valence-electron chi connectivity index (χ2n) is 3.73. The molecule has 14 heavy (non-hydrogen) atoms. The number of hydrogen-bond donors (Lipinski definition) is 1. The maximum Gasteiger partial charge on any atom is 0.309 e. The van der Waals surface area contributed by atoms with Gasteiger partial charge >= 0.3 is 5.97 Å². The lowest BCUT2D eigenvalue weighted by Gasteiger charge is -2.25. The van der Waals surface area contributed by atoms with E-state index in [-0.39, 0.29) is 29.6 Å². The monoisotopic (exact) mass is 195 g/mol. The van der Waals surface area contributed by atoms with E-state index in [0.29, 0.717) is 13.0 Å². The average Bonchev–Trinajstić information content (AvgIpc) is 2.59. The molecule has 1 heterocycles. The zero-order valence-electron chi connectivity index (χ0n) is 8.03. The number of fused-ring (bicyclic) bond motifs is 1. The predicted molar refractivity (Wildman–Crippen MR) is 49.3 cm³/mol. The normalized spacial score (nSPS) is 34.9. The van der Waals surface area contributed by atoms with Crippen LogP contribution < -0.4 is 5.32 Å². The van der Waals surface area contributed by atoms with E-state index < -0.39 is 0 Å². The van der Waals surface area contributed by atoms with E-state index in [9.17, 15) is 9.59 Å². The van der Waals surface area contributed by atoms with Crippen LogP contribution in [0.25, 0.3) is 0 Å². The van der Waals surface area contributed by atoms with E-state index in [1.54, 1.807) is 0 Å². The zero-order valence-corrected chi connectivity index (χ0v) is 8.03. The molecular weight excluding hydrogens is 182 g/mol. The summed E-state index contributed by atoms with van der Waals surface area (Å²) >= 11 is 0. The predicted octanol–water partition coefficient (Wildman–Crippen LogP) is 0.0977. The zero-order chi connectivity index (χ0) is 10.1. The van der Waals surface area contributed by atoms with E-state index in [2.05, 4.69) is 5.32 Å². The van der Waals surface area contributed by atoms with Gasteiger partial charge in [0.15, 0.2) is 0 Å². The minimum atomic E-state index is -0.294. The highest BCUT2D eigenvalue weighted by Crippen LogP contribution is 2.34. The van der Waals surface area contributed by atoms with Crippen LogP contribution in [-0.2, 0) is 14.3 Å². The Labute approximate surface area is 82.3 Å². The number of methoxy groups -OCH3 is 1. The molecule has 1 amide bonds. The maximum atomic E-state index is 11.5. The van der Waals surface area contributed by atoms with Gasteiger partial charge in [-0.1, -0.05) is 12.2 Å². The van der Waals surface area contributed by atoms with Crippen LogP contribution in [0.3, 0.4) is 0 Å². The van der Waals surface area contributed by atoms with E-state index in [4.69, 9.17) is 4.74 Å². The molecule has 2 rings (SSSR count). The van der Waals surface area contributed by atoms with Crippen LogP contribution in [0.2, 0.25) is 0 Å². The van der Waals surface area contributed by atoms with Gasteiger partial charge in [0, 0.05) is 12.5 Å². The molecule has 0 bridgehead atoms. The van der Waals surface area contributed by atoms with Crippen LogP contribution in [0.5, 0.6) is 0 Å². The Morgan fingerprint density at radius 1 is 1.64 bits per heavy atom. The maximum absolute atomic E-state index is 11.5. The van der Waals surface area contributed by atoms with Crippen molar-refractivity contribution in [1.29, 1.82) is 0 Å². The summed E-state index contributed by atoms with van der Waals surface area (Å²) in [4.78, 5) is 22.9. The average molecular weight is 195 g/mol. The highest BCUT2D eigenvalue weighted by Gasteiger charge is 2.44. The first-order valence-electron chi connectivity index (χ1n) is 4.76. The molecule has 0 radical (unpaired) electrons. The minimum Gasteiger partial charge on any atom is -0.469 e. The molecule has 1 N–H and O–H groups in total. The van der Waals surface area contributed by atoms with Crippen molar-refractivity contribution < 1.29 is 14.3 Å². The van der Waals surface area contributed by atoms with Crippen LogP contribution in [0, 0.1) is 17.8 Å². The summed E-state index contributed by atoms with van der Waals surface area (Å²) in [6.45, 7) is 0.646. The summed E-state index contributed by atoms with van der Waals surface area (Å²) in [5.74, 6) is -0.638. The number of hydrogen-bond acceptors (Lipinski definition) is 3. The molecular formula is C10H13NO3. The standard InChI is InChI=1S/C10H13NO3/c1-14-10(13)7-4-2-3-6-5-11-9(12)8(6)7/h2-3,6-8H,4-5H2,1H3,(H,11,12). The van der Waals surface area contributed by atoms with Gasteiger partial charge in [0.25, 0.3) is 0 Å². The van der Waals surface area contributed by atoms with Gasteiger partial charge in [-0.25, -0.2) is 0 Å². The second-order valence-corrected chi connectivity index (χ2v) is 3.73. The number of rotatable bonds is 1. The van der Waals surface area contributed by atoms with Crippen molar-refractivity contribution in [3.63, 3.8) is 0 Å². The van der Waals surface area contributed by atoms with Gasteiger partial charge in [-0.2, -0.15) is 0 Å². The molecule has 76 valence electrons. The van der Waals surface area contributed by atoms with Crippen molar-refractivity contribution in [3.8, 4) is 0 Å². The molecule has 1 fully saturated rings. The molecule has 2 aliphatic rings. The molecule has 0 spiro atoms. The molecule has 0 aromatic rings. The highest BCUT2D eigenvalue weighted by molar-refractivity contribution is 5.88. The number of allylic oxidation sites excluding steroid dienone is 1. The molecule has 1 saturated heterocycles. The van der Waals surface area contributed by atoms with E-state index in [0.717, 1.165) is 0 Å². The smallest absolute Gasteiger partial charge is 0.309 e. The SMILES string of the molecule is COC(=O)C1CC=CC2CNC(=O)C21. The van der Waals surface area contributed by atoms with Gasteiger partial charge in [0.05, 0.1) is 18.9 Å². The van der Waals surface area contributed by atoms with Crippen LogP contribution in [0.1, 0.15) is 6.42 Å². The third-order valence-electron chi connectivity index (χ3n) is 2.99. The van der Waals surface area contributed by atoms with Gasteiger partial charge in [-0.15, -0.1) is 0 Å². The third kappa shape index (κ3) is 1.31. The largest absolute Gasteiger partial charge is 0.469 e. The summed E-state index contributed by atoms with van der Waals surface area (Å²) in [5.41, 5.74) is 0. The minimum absolute atomic E-state index is 0.0187. The van der Waals surface area contributed by atoms with Gasteiger partial charge in [0.2, 0.25) is 5.91 Å². The van der Waals surface area contributed by atoms with Gasteiger partial charge in [-0.05, 0) is 6.42 Å². The molecule has 4 nitrogen and oxygen atoms in total. The molecule has 3 atom stereocenters. The van der Waals surface area contributed by atoms with Crippen LogP contribution in [-0.4, -0.2) is 25.5 Å². The summed E-state index contributed by atoms with van der Waals surface area (Å²) < 4.78 is 4.69. The van der Waals surface area contributed by atoms with Crippen molar-refractivity contribution in [2.24, 2.45) is 17.8 Å². The Balaban J connectivity index is 2.22. The number of carbonyl (C=O) groups excluding carboxylic acids is 2. The number of amides is 1. The van der Waals surface area contributed by atoms with Crippen molar-refractivity contribution >= 4 is 11.9 Å². The molecule has 3 unspecified atom stereocenters. The number of carbonyl (C=O) groups is 2. The Bertz CT molecular complexity index is 298. The van der Waals surface area contributed by atoms with Crippen molar-refractivity contribution in [3.05, 3.63) is 12.2 Å². The lowest BCUT2D eigenvalue weighted by atomic mass is 9.77. The van der Waals surface area contributed by atoms with Gasteiger partial charge < -0.3 is 10.1 Å². The first-order valence-corrected chi connectivity index (χ1v) is 4.76. The lowest BCUT2D eigenvalue weighted by Crippen LogP contribution is -2.34. The first kappa shape index (κ1) is 9.24. The van der Waals surface area contributed by atoms with Crippen molar-refractivity contribution in [1.82, 2.24) is 5.32 Å². The Hall–Kier alpha value is -1.32. The van der Waals surface area contributed by atoms with Crippen LogP contribution in [0.4, 0.5) is 0 Å². The Kier molecular flexibility index (Phi) is 2.27. The Morgan fingerprint density at radius 2 is 2.43 bits per heavy atom. The molecule has 4 heteroatoms. The number of esters is 1. The topological polar surface area (TPSA) is 55.4 Å². The number of nitrogens with one attached hydrogen (secondary N) is 1. The third-order valence-corrected chi connectivity index (χ3v) is 2.99.